The van der Waals surface area contributed by atoms with Gasteiger partial charge < -0.3 is 13.7 Å². The smallest absolute Gasteiger partial charge is 0.160 e. The minimum absolute atomic E-state index is 0.135. The highest BCUT2D eigenvalue weighted by molar-refractivity contribution is 6.18. The van der Waals surface area contributed by atoms with Gasteiger partial charge in [-0.15, -0.1) is 0 Å². The minimum Gasteiger partial charge on any atom is -0.309 e. The second-order valence-electron chi connectivity index (χ2n) is 26.8. The van der Waals surface area contributed by atoms with Crippen LogP contribution < -0.4 is 0 Å². The highest BCUT2D eigenvalue weighted by Gasteiger charge is 2.41. The molecule has 4 aromatic heterocycles. The third kappa shape index (κ3) is 6.81. The zero-order valence-corrected chi connectivity index (χ0v) is 51.1. The summed E-state index contributed by atoms with van der Waals surface area (Å²) in [6, 6.07) is 97.0. The Hall–Kier alpha value is -10.9. The Morgan fingerprint density at radius 3 is 0.989 bits per heavy atom. The van der Waals surface area contributed by atoms with Crippen molar-refractivity contribution in [3.05, 3.63) is 294 Å². The lowest BCUT2D eigenvalue weighted by molar-refractivity contribution is 0.660. The Bertz CT molecular complexity index is 5580. The Morgan fingerprint density at radius 1 is 0.256 bits per heavy atom. The van der Waals surface area contributed by atoms with Gasteiger partial charge in [-0.05, 0) is 123 Å². The van der Waals surface area contributed by atoms with Crippen molar-refractivity contribution in [2.75, 3.05) is 0 Å². The minimum atomic E-state index is -0.149. The number of para-hydroxylation sites is 3. The van der Waals surface area contributed by atoms with Crippen LogP contribution in [-0.2, 0) is 16.2 Å². The van der Waals surface area contributed by atoms with Gasteiger partial charge in [-0.2, -0.15) is 0 Å². The molecule has 0 aliphatic heterocycles. The first-order valence-electron chi connectivity index (χ1n) is 31.6. The van der Waals surface area contributed by atoms with E-state index in [2.05, 4.69) is 316 Å². The van der Waals surface area contributed by atoms with Gasteiger partial charge in [0.1, 0.15) is 0 Å². The molecule has 12 aromatic carbocycles. The molecule has 19 rings (SSSR count). The van der Waals surface area contributed by atoms with Gasteiger partial charge in [0.05, 0.1) is 44.5 Å². The van der Waals surface area contributed by atoms with Crippen LogP contribution in [0.2, 0.25) is 0 Å². The predicted octanol–water partition coefficient (Wildman–Crippen LogP) is 21.7. The van der Waals surface area contributed by atoms with E-state index in [1.54, 1.807) is 0 Å². The first kappa shape index (κ1) is 51.2. The summed E-state index contributed by atoms with van der Waals surface area (Å²) in [5.74, 6) is 0.658. The highest BCUT2D eigenvalue weighted by Crippen LogP contribution is 2.56. The molecule has 90 heavy (non-hydrogen) atoms. The molecular formula is C85H61N5. The summed E-state index contributed by atoms with van der Waals surface area (Å²) in [4.78, 5) is 11.3. The van der Waals surface area contributed by atoms with Crippen molar-refractivity contribution < 1.29 is 0 Å². The molecule has 3 aliphatic carbocycles. The summed E-state index contributed by atoms with van der Waals surface area (Å²) >= 11 is 0. The molecule has 0 radical (unpaired) electrons. The van der Waals surface area contributed by atoms with E-state index in [4.69, 9.17) is 9.97 Å². The first-order chi connectivity index (χ1) is 43.9. The maximum Gasteiger partial charge on any atom is 0.160 e. The van der Waals surface area contributed by atoms with Crippen molar-refractivity contribution in [2.45, 2.75) is 57.8 Å². The number of fused-ring (bicyclic) bond motifs is 21. The SMILES string of the molecule is CC1(C)c2ccccc2-c2c1ccc1c3ccccc3n(-c3ccc(-c4nc(-c5cccc(-n6c7ccccc7c7ccc8c(c76)-c6ccccc6C8(C)C)c5)cc(-c5cccc(-n6c7ccccc7c7ccc8c(c76)-c6ccccc6C8(C)C)c5)n4)cc3)c21. The van der Waals surface area contributed by atoms with E-state index in [1.165, 1.54) is 132 Å². The van der Waals surface area contributed by atoms with E-state index < -0.39 is 0 Å². The van der Waals surface area contributed by atoms with Gasteiger partial charge in [0.25, 0.3) is 0 Å². The summed E-state index contributed by atoms with van der Waals surface area (Å²) in [5, 5.41) is 7.46. The first-order valence-corrected chi connectivity index (χ1v) is 31.6. The van der Waals surface area contributed by atoms with Crippen LogP contribution in [0.1, 0.15) is 74.9 Å². The fraction of sp³-hybridized carbons (Fsp3) is 0.106. The molecule has 426 valence electrons. The molecule has 3 aliphatic rings. The van der Waals surface area contributed by atoms with E-state index >= 15 is 0 Å². The molecule has 5 heteroatoms. The van der Waals surface area contributed by atoms with Crippen LogP contribution in [0.5, 0.6) is 0 Å². The van der Waals surface area contributed by atoms with E-state index in [0.29, 0.717) is 5.82 Å². The molecule has 5 nitrogen and oxygen atoms in total. The summed E-state index contributed by atoms with van der Waals surface area (Å²) in [7, 11) is 0. The molecular weight excluding hydrogens is 1090 g/mol. The van der Waals surface area contributed by atoms with E-state index in [0.717, 1.165) is 45.1 Å². The van der Waals surface area contributed by atoms with E-state index in [9.17, 15) is 0 Å². The lowest BCUT2D eigenvalue weighted by Gasteiger charge is -2.21. The largest absolute Gasteiger partial charge is 0.309 e. The van der Waals surface area contributed by atoms with Gasteiger partial charge in [0.2, 0.25) is 0 Å². The Morgan fingerprint density at radius 2 is 0.600 bits per heavy atom. The molecule has 0 fully saturated rings. The highest BCUT2D eigenvalue weighted by atomic mass is 15.0. The van der Waals surface area contributed by atoms with Gasteiger partial charge in [-0.25, -0.2) is 9.97 Å². The van der Waals surface area contributed by atoms with E-state index in [1.807, 2.05) is 0 Å². The average Bonchev–Trinajstić information content (AvgIpc) is 1.57. The van der Waals surface area contributed by atoms with Gasteiger partial charge in [-0.3, -0.25) is 0 Å². The average molecular weight is 1150 g/mol. The normalized spacial score (nSPS) is 14.6. The maximum absolute atomic E-state index is 5.63. The monoisotopic (exact) mass is 1150 g/mol. The second-order valence-corrected chi connectivity index (χ2v) is 26.8. The number of nitrogens with zero attached hydrogens (tertiary/aromatic N) is 5. The topological polar surface area (TPSA) is 40.6 Å². The summed E-state index contributed by atoms with van der Waals surface area (Å²) in [5.41, 5.74) is 30.7. The molecule has 0 N–H and O–H groups in total. The quantitative estimate of drug-likeness (QED) is 0.166. The molecule has 16 aromatic rings. The van der Waals surface area contributed by atoms with Crippen LogP contribution in [0.3, 0.4) is 0 Å². The van der Waals surface area contributed by atoms with Crippen molar-refractivity contribution in [3.63, 3.8) is 0 Å². The van der Waals surface area contributed by atoms with Crippen molar-refractivity contribution in [3.8, 4) is 84.3 Å². The molecule has 0 saturated heterocycles. The summed E-state index contributed by atoms with van der Waals surface area (Å²) < 4.78 is 7.49. The molecule has 4 heterocycles. The Balaban J connectivity index is 0.818. The van der Waals surface area contributed by atoms with Gasteiger partial charge in [-0.1, -0.05) is 230 Å². The van der Waals surface area contributed by atoms with Crippen LogP contribution in [0, 0.1) is 0 Å². The molecule has 0 atom stereocenters. The van der Waals surface area contributed by atoms with Crippen molar-refractivity contribution in [2.24, 2.45) is 0 Å². The fourth-order valence-electron chi connectivity index (χ4n) is 16.8. The van der Waals surface area contributed by atoms with Crippen LogP contribution in [-0.4, -0.2) is 23.7 Å². The van der Waals surface area contributed by atoms with Crippen molar-refractivity contribution >= 4 is 65.4 Å². The van der Waals surface area contributed by atoms with E-state index in [-0.39, 0.29) is 16.2 Å². The van der Waals surface area contributed by atoms with Crippen molar-refractivity contribution in [1.29, 1.82) is 0 Å². The van der Waals surface area contributed by atoms with Crippen LogP contribution in [0.4, 0.5) is 0 Å². The number of rotatable bonds is 6. The number of hydrogen-bond acceptors (Lipinski definition) is 2. The zero-order chi connectivity index (χ0) is 60.1. The lowest BCUT2D eigenvalue weighted by atomic mass is 9.82. The Labute approximate surface area is 522 Å². The standard InChI is InChI=1S/C85H61N5/c1-83(2)65-31-13-7-28-62(65)76-68(83)44-41-59-56-25-10-16-34-73(56)88(79(59)76)53-39-37-50(38-40-53)82-86-71(51-21-19-23-54(47-51)89-74-35-17-11-26-57(74)60-42-45-69-77(80(60)89)63-29-8-14-32-66(63)84(69,3)4)49-72(87-82)52-22-20-24-55(48-52)90-75-36-18-12-27-58(75)61-43-46-70-78(81(61)90)64-30-9-15-33-67(64)85(70,5)6/h7-49H,1-6H3. The molecule has 0 spiro atoms. The maximum atomic E-state index is 5.63. The number of hydrogen-bond donors (Lipinski definition) is 0. The molecule has 0 saturated carbocycles. The van der Waals surface area contributed by atoms with Crippen molar-refractivity contribution in [1.82, 2.24) is 23.7 Å². The zero-order valence-electron chi connectivity index (χ0n) is 51.1. The molecule has 0 bridgehead atoms. The fourth-order valence-corrected chi connectivity index (χ4v) is 16.8. The number of benzene rings is 12. The third-order valence-corrected chi connectivity index (χ3v) is 21.0. The van der Waals surface area contributed by atoms with Gasteiger partial charge >= 0.3 is 0 Å². The van der Waals surface area contributed by atoms with Gasteiger partial charge in [0, 0.05) is 99.0 Å². The predicted molar refractivity (Wildman–Crippen MR) is 374 cm³/mol. The molecule has 0 unspecified atom stereocenters. The van der Waals surface area contributed by atoms with Gasteiger partial charge in [0.15, 0.2) is 5.82 Å². The summed E-state index contributed by atoms with van der Waals surface area (Å²) in [6.45, 7) is 14.2. The summed E-state index contributed by atoms with van der Waals surface area (Å²) in [6.07, 6.45) is 0. The lowest BCUT2D eigenvalue weighted by Crippen LogP contribution is -2.14. The second kappa shape index (κ2) is 18.1. The van der Waals surface area contributed by atoms with Crippen LogP contribution >= 0.6 is 0 Å². The Kier molecular flexibility index (Phi) is 10.3. The van der Waals surface area contributed by atoms with Crippen LogP contribution in [0.25, 0.3) is 150 Å². The number of aromatic nitrogens is 5. The third-order valence-electron chi connectivity index (χ3n) is 21.0. The van der Waals surface area contributed by atoms with Crippen LogP contribution in [0.15, 0.2) is 261 Å². The molecule has 0 amide bonds.